The van der Waals surface area contributed by atoms with E-state index in [-0.39, 0.29) is 30.4 Å². The number of benzene rings is 2. The van der Waals surface area contributed by atoms with E-state index in [4.69, 9.17) is 4.74 Å². The molecule has 2 amide bonds. The van der Waals surface area contributed by atoms with Gasteiger partial charge < -0.3 is 20.1 Å². The number of hydrogen-bond acceptors (Lipinski definition) is 4. The summed E-state index contributed by atoms with van der Waals surface area (Å²) in [6.07, 6.45) is 0.932. The molecule has 1 heterocycles. The highest BCUT2D eigenvalue weighted by atomic mass is 16.5. The number of alkyl carbamates (subject to hydrolysis) is 1. The Labute approximate surface area is 206 Å². The number of piperidine rings is 1. The number of carboxylic acids is 1. The Hall–Kier alpha value is -3.35. The van der Waals surface area contributed by atoms with Crippen molar-refractivity contribution in [2.24, 2.45) is 11.8 Å². The lowest BCUT2D eigenvalue weighted by atomic mass is 9.90. The number of amides is 2. The number of nitrogens with zero attached hydrogens (tertiary/aromatic N) is 1. The fourth-order valence-electron chi connectivity index (χ4n) is 5.35. The summed E-state index contributed by atoms with van der Waals surface area (Å²) >= 11 is 0. The van der Waals surface area contributed by atoms with Gasteiger partial charge in [-0.15, -0.1) is 0 Å². The van der Waals surface area contributed by atoms with E-state index < -0.39 is 24.0 Å². The van der Waals surface area contributed by atoms with Crippen molar-refractivity contribution >= 4 is 18.0 Å². The van der Waals surface area contributed by atoms with Gasteiger partial charge >= 0.3 is 12.1 Å². The first-order chi connectivity index (χ1) is 16.8. The first-order valence-electron chi connectivity index (χ1n) is 12.5. The van der Waals surface area contributed by atoms with Crippen LogP contribution >= 0.6 is 0 Å². The monoisotopic (exact) mass is 478 g/mol. The van der Waals surface area contributed by atoms with Gasteiger partial charge in [-0.1, -0.05) is 68.8 Å². The summed E-state index contributed by atoms with van der Waals surface area (Å²) in [5.74, 6) is -1.58. The number of hydrogen-bond donors (Lipinski definition) is 2. The Balaban J connectivity index is 1.43. The molecule has 7 nitrogen and oxygen atoms in total. The molecule has 2 aromatic rings. The average molecular weight is 479 g/mol. The third kappa shape index (κ3) is 5.04. The van der Waals surface area contributed by atoms with Crippen LogP contribution in [0.2, 0.25) is 0 Å². The summed E-state index contributed by atoms with van der Waals surface area (Å²) in [4.78, 5) is 39.4. The Kier molecular flexibility index (Phi) is 7.43. The number of carbonyl (C=O) groups is 3. The largest absolute Gasteiger partial charge is 0.481 e. The number of carbonyl (C=O) groups excluding carboxylic acids is 2. The number of carboxylic acid groups (broad SMARTS) is 1. The van der Waals surface area contributed by atoms with Gasteiger partial charge in [0.15, 0.2) is 0 Å². The van der Waals surface area contributed by atoms with Crippen molar-refractivity contribution < 1.29 is 24.2 Å². The van der Waals surface area contributed by atoms with Crippen LogP contribution in [-0.4, -0.2) is 53.2 Å². The molecule has 1 aliphatic carbocycles. The van der Waals surface area contributed by atoms with E-state index in [1.165, 1.54) is 0 Å². The summed E-state index contributed by atoms with van der Waals surface area (Å²) in [6, 6.07) is 15.4. The second kappa shape index (κ2) is 10.5. The van der Waals surface area contributed by atoms with Crippen molar-refractivity contribution in [1.82, 2.24) is 10.2 Å². The van der Waals surface area contributed by atoms with Gasteiger partial charge in [0.25, 0.3) is 0 Å². The third-order valence-corrected chi connectivity index (χ3v) is 7.60. The van der Waals surface area contributed by atoms with Crippen LogP contribution in [0, 0.1) is 11.8 Å². The van der Waals surface area contributed by atoms with E-state index in [0.29, 0.717) is 25.8 Å². The lowest BCUT2D eigenvalue weighted by Crippen LogP contribution is -2.56. The summed E-state index contributed by atoms with van der Waals surface area (Å²) in [5, 5.41) is 12.2. The van der Waals surface area contributed by atoms with Gasteiger partial charge in [-0.25, -0.2) is 4.79 Å². The number of rotatable bonds is 7. The molecule has 2 N–H and O–H groups in total. The van der Waals surface area contributed by atoms with Crippen LogP contribution in [0.4, 0.5) is 4.79 Å². The zero-order valence-corrected chi connectivity index (χ0v) is 20.6. The third-order valence-electron chi connectivity index (χ3n) is 7.60. The van der Waals surface area contributed by atoms with Crippen molar-refractivity contribution in [3.05, 3.63) is 59.7 Å². The van der Waals surface area contributed by atoms with E-state index in [1.807, 2.05) is 45.0 Å². The van der Waals surface area contributed by atoms with Gasteiger partial charge in [0.2, 0.25) is 5.91 Å². The number of nitrogens with one attached hydrogen (secondary N) is 1. The minimum absolute atomic E-state index is 0.0547. The number of likely N-dealkylation sites (tertiary alicyclic amines) is 1. The lowest BCUT2D eigenvalue weighted by Gasteiger charge is -2.39. The van der Waals surface area contributed by atoms with Crippen LogP contribution in [0.15, 0.2) is 48.5 Å². The minimum atomic E-state index is -0.820. The molecule has 0 bridgehead atoms. The summed E-state index contributed by atoms with van der Waals surface area (Å²) in [7, 11) is 0. The lowest BCUT2D eigenvalue weighted by molar-refractivity contribution is -0.148. The molecule has 0 unspecified atom stereocenters. The van der Waals surface area contributed by atoms with Crippen LogP contribution in [0.3, 0.4) is 0 Å². The molecular weight excluding hydrogens is 444 g/mol. The maximum atomic E-state index is 13.4. The highest BCUT2D eigenvalue weighted by Crippen LogP contribution is 2.44. The SMILES string of the molecule is CC[C@H](C)[C@H](NC(=O)OCC1c2ccccc2-c2ccccc21)C(=O)N1CC[C@H](C(=O)O)C[C@@H]1C. The average Bonchev–Trinajstić information content (AvgIpc) is 3.18. The predicted molar refractivity (Wildman–Crippen MR) is 133 cm³/mol. The molecular formula is C28H34N2O5. The van der Waals surface area contributed by atoms with Gasteiger partial charge in [0.1, 0.15) is 12.6 Å². The number of aliphatic carboxylic acids is 1. The molecule has 1 saturated heterocycles. The van der Waals surface area contributed by atoms with Crippen molar-refractivity contribution in [3.8, 4) is 11.1 Å². The molecule has 0 saturated carbocycles. The Morgan fingerprint density at radius 2 is 1.69 bits per heavy atom. The van der Waals surface area contributed by atoms with E-state index in [0.717, 1.165) is 22.3 Å². The van der Waals surface area contributed by atoms with Crippen molar-refractivity contribution in [2.75, 3.05) is 13.2 Å². The van der Waals surface area contributed by atoms with Crippen LogP contribution in [0.25, 0.3) is 11.1 Å². The molecule has 35 heavy (non-hydrogen) atoms. The van der Waals surface area contributed by atoms with Gasteiger partial charge in [-0.2, -0.15) is 0 Å². The molecule has 2 aliphatic rings. The smallest absolute Gasteiger partial charge is 0.407 e. The summed E-state index contributed by atoms with van der Waals surface area (Å²) < 4.78 is 5.68. The first kappa shape index (κ1) is 24.8. The fourth-order valence-corrected chi connectivity index (χ4v) is 5.35. The van der Waals surface area contributed by atoms with Gasteiger partial charge in [-0.3, -0.25) is 9.59 Å². The molecule has 186 valence electrons. The topological polar surface area (TPSA) is 95.9 Å². The molecule has 1 aliphatic heterocycles. The van der Waals surface area contributed by atoms with E-state index in [9.17, 15) is 19.5 Å². The molecule has 1 fully saturated rings. The van der Waals surface area contributed by atoms with E-state index in [1.54, 1.807) is 4.90 Å². The van der Waals surface area contributed by atoms with E-state index in [2.05, 4.69) is 29.6 Å². The molecule has 0 aromatic heterocycles. The molecule has 4 atom stereocenters. The molecule has 0 spiro atoms. The highest BCUT2D eigenvalue weighted by Gasteiger charge is 2.37. The maximum Gasteiger partial charge on any atom is 0.407 e. The normalized spacial score (nSPS) is 20.9. The predicted octanol–water partition coefficient (Wildman–Crippen LogP) is 4.65. The van der Waals surface area contributed by atoms with Gasteiger partial charge in [0, 0.05) is 18.5 Å². The van der Waals surface area contributed by atoms with Crippen molar-refractivity contribution in [2.45, 2.75) is 58.0 Å². The van der Waals surface area contributed by atoms with Crippen LogP contribution in [0.5, 0.6) is 0 Å². The molecule has 7 heteroatoms. The molecule has 4 rings (SSSR count). The number of ether oxygens (including phenoxy) is 1. The summed E-state index contributed by atoms with van der Waals surface area (Å²) in [6.45, 7) is 6.33. The summed E-state index contributed by atoms with van der Waals surface area (Å²) in [5.41, 5.74) is 4.57. The zero-order valence-electron chi connectivity index (χ0n) is 20.6. The standard InChI is InChI=1S/C28H34N2O5/c1-4-17(2)25(26(31)30-14-13-19(27(32)33)15-18(30)3)29-28(34)35-16-24-22-11-7-5-9-20(22)21-10-6-8-12-23(21)24/h5-12,17-19,24-25H,4,13-16H2,1-3H3,(H,29,34)(H,32,33)/t17-,18-,19-,25-/m0/s1. The maximum absolute atomic E-state index is 13.4. The Bertz CT molecular complexity index is 1050. The minimum Gasteiger partial charge on any atom is -0.481 e. The quantitative estimate of drug-likeness (QED) is 0.604. The Morgan fingerprint density at radius 3 is 2.23 bits per heavy atom. The second-order valence-electron chi connectivity index (χ2n) is 9.77. The van der Waals surface area contributed by atoms with Crippen LogP contribution in [0.1, 0.15) is 57.1 Å². The van der Waals surface area contributed by atoms with Crippen molar-refractivity contribution in [1.29, 1.82) is 0 Å². The van der Waals surface area contributed by atoms with Crippen LogP contribution in [-0.2, 0) is 14.3 Å². The zero-order chi connectivity index (χ0) is 25.1. The van der Waals surface area contributed by atoms with E-state index >= 15 is 0 Å². The van der Waals surface area contributed by atoms with Gasteiger partial charge in [0.05, 0.1) is 5.92 Å². The van der Waals surface area contributed by atoms with Gasteiger partial charge in [-0.05, 0) is 47.9 Å². The van der Waals surface area contributed by atoms with Crippen molar-refractivity contribution in [3.63, 3.8) is 0 Å². The fraction of sp³-hybridized carbons (Fsp3) is 0.464. The van der Waals surface area contributed by atoms with Crippen LogP contribution < -0.4 is 5.32 Å². The second-order valence-corrected chi connectivity index (χ2v) is 9.77. The highest BCUT2D eigenvalue weighted by molar-refractivity contribution is 5.86. The Morgan fingerprint density at radius 1 is 1.09 bits per heavy atom. The number of fused-ring (bicyclic) bond motifs is 3. The molecule has 0 radical (unpaired) electrons. The first-order valence-corrected chi connectivity index (χ1v) is 12.5. The molecule has 2 aromatic carbocycles.